The van der Waals surface area contributed by atoms with Gasteiger partial charge in [-0.1, -0.05) is 20.8 Å². The fourth-order valence-corrected chi connectivity index (χ4v) is 8.89. The van der Waals surface area contributed by atoms with E-state index in [0.717, 1.165) is 39.8 Å². The molecular weight excluding hydrogens is 851 g/mol. The smallest absolute Gasteiger partial charge is 0.343 e. The van der Waals surface area contributed by atoms with Crippen LogP contribution in [-0.2, 0) is 74.6 Å². The van der Waals surface area contributed by atoms with Gasteiger partial charge in [0.05, 0.1) is 46.6 Å². The molecule has 0 unspecified atom stereocenters. The molecule has 18 heteroatoms. The molecule has 1 aliphatic carbocycles. The van der Waals surface area contributed by atoms with Crippen LogP contribution in [0.3, 0.4) is 0 Å². The zero-order valence-corrected chi connectivity index (χ0v) is 38.8. The highest BCUT2D eigenvalue weighted by molar-refractivity contribution is 6.13. The van der Waals surface area contributed by atoms with Gasteiger partial charge in [0, 0.05) is 53.9 Å². The van der Waals surface area contributed by atoms with E-state index in [1.807, 2.05) is 19.9 Å². The number of cyclic esters (lactones) is 1. The topological polar surface area (TPSA) is 244 Å². The number of esters is 1. The highest BCUT2D eigenvalue weighted by Crippen LogP contribution is 2.43. The number of ether oxygens (including phenoxy) is 2. The predicted octanol–water partition coefficient (Wildman–Crippen LogP) is 2.80. The van der Waals surface area contributed by atoms with Crippen molar-refractivity contribution in [3.05, 3.63) is 68.5 Å². The zero-order valence-electron chi connectivity index (χ0n) is 38.8. The molecule has 1 aromatic carbocycles. The van der Waals surface area contributed by atoms with Gasteiger partial charge in [-0.25, -0.2) is 9.78 Å². The second-order valence-corrected chi connectivity index (χ2v) is 19.2. The summed E-state index contributed by atoms with van der Waals surface area (Å²) in [5, 5.41) is 23.6. The summed E-state index contributed by atoms with van der Waals surface area (Å²) in [4.78, 5) is 109. The Labute approximate surface area is 382 Å². The summed E-state index contributed by atoms with van der Waals surface area (Å²) in [5.41, 5.74) is 1.61. The van der Waals surface area contributed by atoms with E-state index in [-0.39, 0.29) is 74.2 Å². The summed E-state index contributed by atoms with van der Waals surface area (Å²) in [6.45, 7) is 14.2. The van der Waals surface area contributed by atoms with E-state index in [0.29, 0.717) is 35.4 Å². The van der Waals surface area contributed by atoms with Gasteiger partial charge in [0.2, 0.25) is 23.6 Å². The molecule has 5 heterocycles. The van der Waals surface area contributed by atoms with Crippen LogP contribution in [0.25, 0.3) is 22.3 Å². The van der Waals surface area contributed by atoms with Crippen molar-refractivity contribution in [3.8, 4) is 11.4 Å². The Balaban J connectivity index is 0.961. The number of aliphatic hydroxyl groups is 1. The number of aromatic nitrogens is 2. The van der Waals surface area contributed by atoms with Crippen LogP contribution >= 0.6 is 0 Å². The van der Waals surface area contributed by atoms with Crippen LogP contribution < -0.4 is 26.8 Å². The largest absolute Gasteiger partial charge is 0.458 e. The molecule has 352 valence electrons. The Hall–Kier alpha value is -6.27. The Morgan fingerprint density at radius 2 is 1.64 bits per heavy atom. The van der Waals surface area contributed by atoms with Gasteiger partial charge in [0.25, 0.3) is 17.4 Å². The average Bonchev–Trinajstić information content (AvgIpc) is 3.81. The molecule has 0 spiro atoms. The van der Waals surface area contributed by atoms with Crippen LogP contribution in [0.2, 0.25) is 0 Å². The van der Waals surface area contributed by atoms with Gasteiger partial charge in [-0.05, 0) is 102 Å². The van der Waals surface area contributed by atoms with Crippen molar-refractivity contribution in [1.82, 2.24) is 30.4 Å². The van der Waals surface area contributed by atoms with Gasteiger partial charge in [-0.2, -0.15) is 0 Å². The molecule has 6 amide bonds. The van der Waals surface area contributed by atoms with E-state index < -0.39 is 64.2 Å². The van der Waals surface area contributed by atoms with E-state index >= 15 is 0 Å². The van der Waals surface area contributed by atoms with Crippen molar-refractivity contribution < 1.29 is 48.1 Å². The first-order valence-electron chi connectivity index (χ1n) is 22.6. The number of benzene rings is 1. The lowest BCUT2D eigenvalue weighted by atomic mass is 9.85. The summed E-state index contributed by atoms with van der Waals surface area (Å²) < 4.78 is 13.0. The third-order valence-electron chi connectivity index (χ3n) is 13.1. The Kier molecular flexibility index (Phi) is 13.1. The standard InChI is InChI=1S/C48H59N7O11/c1-9-48(64)31-21-34-40-29(22-55(34)43(61)30(31)23-65-45(48)63)27-11-10-12-28-32(13-14-33(51-40)38(27)28)52-41(59)26(4)50-42(60)39(25(2)3)53-44(62)46(5,6)24-66-47(7,8)18-19-49-35(56)17-20-54-36(57)15-16-37(54)58/h13-16,21,25-26,39,64H,9-12,17-20,22-24H2,1-8H3,(H,49,56)(H,50,60)(H,52,59)(H,53,62)/t26-,39-,48-/m0/s1. The molecule has 2 aromatic heterocycles. The van der Waals surface area contributed by atoms with Crippen molar-refractivity contribution in [2.24, 2.45) is 11.3 Å². The van der Waals surface area contributed by atoms with Gasteiger partial charge < -0.3 is 40.4 Å². The molecule has 0 saturated heterocycles. The molecule has 0 saturated carbocycles. The summed E-state index contributed by atoms with van der Waals surface area (Å²) in [6, 6.07) is 3.33. The number of pyridine rings is 2. The molecule has 0 radical (unpaired) electrons. The van der Waals surface area contributed by atoms with Crippen molar-refractivity contribution >= 4 is 58.0 Å². The minimum absolute atomic E-state index is 0.000451. The van der Waals surface area contributed by atoms with Crippen LogP contribution in [0.15, 0.2) is 35.1 Å². The number of anilines is 1. The lowest BCUT2D eigenvalue weighted by Gasteiger charge is -2.33. The van der Waals surface area contributed by atoms with Crippen molar-refractivity contribution in [2.75, 3.05) is 25.0 Å². The van der Waals surface area contributed by atoms with Crippen molar-refractivity contribution in [1.29, 1.82) is 0 Å². The molecule has 0 bridgehead atoms. The number of amides is 6. The monoisotopic (exact) mass is 909 g/mol. The summed E-state index contributed by atoms with van der Waals surface area (Å²) in [5.74, 6) is -3.75. The Morgan fingerprint density at radius 1 is 0.939 bits per heavy atom. The number of hydrogen-bond donors (Lipinski definition) is 5. The number of nitrogens with one attached hydrogen (secondary N) is 4. The minimum atomic E-state index is -1.93. The quantitative estimate of drug-likeness (QED) is 0.0759. The Bertz CT molecular complexity index is 2630. The van der Waals surface area contributed by atoms with Gasteiger partial charge in [-0.3, -0.25) is 38.5 Å². The van der Waals surface area contributed by atoms with Gasteiger partial charge in [-0.15, -0.1) is 0 Å². The fraction of sp³-hybridized carbons (Fsp3) is 0.521. The average molecular weight is 910 g/mol. The first-order chi connectivity index (χ1) is 31.1. The molecule has 0 fully saturated rings. The maximum atomic E-state index is 13.8. The minimum Gasteiger partial charge on any atom is -0.458 e. The Morgan fingerprint density at radius 3 is 2.32 bits per heavy atom. The molecule has 7 rings (SSSR count). The highest BCUT2D eigenvalue weighted by atomic mass is 16.6. The van der Waals surface area contributed by atoms with Crippen LogP contribution in [0.4, 0.5) is 5.69 Å². The molecule has 3 atom stereocenters. The third kappa shape index (κ3) is 9.12. The van der Waals surface area contributed by atoms with Crippen molar-refractivity contribution in [2.45, 2.75) is 130 Å². The number of fused-ring (bicyclic) bond motifs is 5. The second-order valence-electron chi connectivity index (χ2n) is 19.2. The summed E-state index contributed by atoms with van der Waals surface area (Å²) >= 11 is 0. The van der Waals surface area contributed by atoms with Crippen LogP contribution in [0.5, 0.6) is 0 Å². The number of imide groups is 1. The highest BCUT2D eigenvalue weighted by Gasteiger charge is 2.46. The number of aryl methyl sites for hydroxylation is 2. The van der Waals surface area contributed by atoms with Crippen LogP contribution in [0, 0.1) is 11.3 Å². The lowest BCUT2D eigenvalue weighted by Crippen LogP contribution is -2.56. The maximum Gasteiger partial charge on any atom is 0.343 e. The van der Waals surface area contributed by atoms with E-state index in [1.165, 1.54) is 12.2 Å². The van der Waals surface area contributed by atoms with E-state index in [1.54, 1.807) is 58.2 Å². The van der Waals surface area contributed by atoms with Crippen LogP contribution in [0.1, 0.15) is 109 Å². The summed E-state index contributed by atoms with van der Waals surface area (Å²) in [6.07, 6.45) is 4.90. The van der Waals surface area contributed by atoms with E-state index in [4.69, 9.17) is 14.5 Å². The number of carbonyl (C=O) groups excluding carboxylic acids is 7. The molecule has 5 N–H and O–H groups in total. The first-order valence-corrected chi connectivity index (χ1v) is 22.6. The number of hydrogen-bond acceptors (Lipinski definition) is 12. The van der Waals surface area contributed by atoms with Crippen molar-refractivity contribution in [3.63, 3.8) is 0 Å². The summed E-state index contributed by atoms with van der Waals surface area (Å²) in [7, 11) is 0. The molecule has 3 aromatic rings. The number of nitrogens with zero attached hydrogens (tertiary/aromatic N) is 3. The number of rotatable bonds is 17. The lowest BCUT2D eigenvalue weighted by molar-refractivity contribution is -0.172. The second kappa shape index (κ2) is 18.2. The molecular formula is C48H59N7O11. The SMILES string of the molecule is CC[C@@]1(O)C(=O)OCc2c1cc1n(c2=O)Cc2c-1nc1ccc(NC(=O)[C@H](C)NC(=O)[C@@H](NC(=O)C(C)(C)COC(C)(C)CCNC(=O)CCN3C(=O)C=CC3=O)C(C)C)c3c1c2CCC3. The third-order valence-corrected chi connectivity index (χ3v) is 13.1. The van der Waals surface area contributed by atoms with Gasteiger partial charge in [0.1, 0.15) is 18.7 Å². The molecule has 18 nitrogen and oxygen atoms in total. The number of carbonyl (C=O) groups is 7. The van der Waals surface area contributed by atoms with Crippen LogP contribution in [-0.4, -0.2) is 98.4 Å². The van der Waals surface area contributed by atoms with E-state index in [2.05, 4.69) is 21.3 Å². The van der Waals surface area contributed by atoms with Gasteiger partial charge in [0.15, 0.2) is 5.60 Å². The predicted molar refractivity (Wildman–Crippen MR) is 241 cm³/mol. The van der Waals surface area contributed by atoms with Gasteiger partial charge >= 0.3 is 5.97 Å². The molecule has 3 aliphatic heterocycles. The normalized spacial score (nSPS) is 18.4. The maximum absolute atomic E-state index is 13.8. The first kappa shape index (κ1) is 47.7. The molecule has 4 aliphatic rings. The molecule has 66 heavy (non-hydrogen) atoms. The fourth-order valence-electron chi connectivity index (χ4n) is 8.89. The zero-order chi connectivity index (χ0) is 48.0. The van der Waals surface area contributed by atoms with E-state index in [9.17, 15) is 43.5 Å².